The maximum atomic E-state index is 13.3. The topological polar surface area (TPSA) is 95.0 Å². The second-order valence-corrected chi connectivity index (χ2v) is 8.84. The van der Waals surface area contributed by atoms with Gasteiger partial charge in [-0.15, -0.1) is 0 Å². The van der Waals surface area contributed by atoms with E-state index in [9.17, 15) is 24.3 Å². The Hall–Kier alpha value is -3.65. The lowest BCUT2D eigenvalue weighted by Gasteiger charge is -2.29. The minimum Gasteiger partial charge on any atom is -0.480 e. The van der Waals surface area contributed by atoms with E-state index >= 15 is 0 Å². The Morgan fingerprint density at radius 3 is 2.15 bits per heavy atom. The van der Waals surface area contributed by atoms with E-state index in [2.05, 4.69) is 12.6 Å². The van der Waals surface area contributed by atoms with Crippen LogP contribution < -0.4 is 4.90 Å². The third-order valence-corrected chi connectivity index (χ3v) is 6.49. The van der Waals surface area contributed by atoms with Crippen molar-refractivity contribution in [2.24, 2.45) is 0 Å². The standard InChI is InChI=1S/C26H24N2O5S/c1-16(26(32)33)28(19-13-12-17-7-2-3-8-18(17)15-19)25(31)22(34)11-6-14-27-23(29)20-9-4-5-10-21(20)24(27)30/h2-5,7-10,12-13,15-16,22,34H,6,11,14H2,1H3,(H,32,33)/t16-,22+/m0/s1. The van der Waals surface area contributed by atoms with Crippen LogP contribution in [0.15, 0.2) is 66.7 Å². The summed E-state index contributed by atoms with van der Waals surface area (Å²) in [5.41, 5.74) is 1.23. The number of carboxylic acids is 1. The summed E-state index contributed by atoms with van der Waals surface area (Å²) in [7, 11) is 0. The van der Waals surface area contributed by atoms with Crippen LogP contribution >= 0.6 is 12.6 Å². The summed E-state index contributed by atoms with van der Waals surface area (Å²) in [6, 6.07) is 18.5. The number of carbonyl (C=O) groups is 4. The van der Waals surface area contributed by atoms with Crippen molar-refractivity contribution in [1.29, 1.82) is 0 Å². The minimum atomic E-state index is -1.13. The normalized spacial score (nSPS) is 14.7. The van der Waals surface area contributed by atoms with Crippen molar-refractivity contribution >= 4 is 52.8 Å². The molecule has 1 N–H and O–H groups in total. The number of rotatable bonds is 8. The molecule has 34 heavy (non-hydrogen) atoms. The second-order valence-electron chi connectivity index (χ2n) is 8.22. The minimum absolute atomic E-state index is 0.154. The lowest BCUT2D eigenvalue weighted by molar-refractivity contribution is -0.139. The van der Waals surface area contributed by atoms with Gasteiger partial charge >= 0.3 is 5.97 Å². The maximum absolute atomic E-state index is 13.3. The summed E-state index contributed by atoms with van der Waals surface area (Å²) in [6.07, 6.45) is 0.629. The van der Waals surface area contributed by atoms with Crippen LogP contribution in [0, 0.1) is 0 Å². The molecule has 174 valence electrons. The first-order chi connectivity index (χ1) is 16.3. The van der Waals surface area contributed by atoms with Gasteiger partial charge in [0, 0.05) is 12.2 Å². The number of carboxylic acid groups (broad SMARTS) is 1. The average Bonchev–Trinajstić information content (AvgIpc) is 3.08. The number of nitrogens with zero attached hydrogens (tertiary/aromatic N) is 2. The Morgan fingerprint density at radius 1 is 0.941 bits per heavy atom. The van der Waals surface area contributed by atoms with Crippen LogP contribution in [0.4, 0.5) is 5.69 Å². The fourth-order valence-corrected chi connectivity index (χ4v) is 4.45. The zero-order valence-electron chi connectivity index (χ0n) is 18.5. The number of amides is 3. The van der Waals surface area contributed by atoms with Crippen molar-refractivity contribution in [3.05, 3.63) is 77.9 Å². The van der Waals surface area contributed by atoms with Gasteiger partial charge < -0.3 is 5.11 Å². The van der Waals surface area contributed by atoms with Crippen LogP contribution in [0.25, 0.3) is 10.8 Å². The Balaban J connectivity index is 1.47. The number of aliphatic carboxylic acids is 1. The highest BCUT2D eigenvalue weighted by atomic mass is 32.1. The number of hydrogen-bond donors (Lipinski definition) is 2. The molecule has 0 saturated heterocycles. The Kier molecular flexibility index (Phi) is 6.70. The van der Waals surface area contributed by atoms with Crippen molar-refractivity contribution in [2.75, 3.05) is 11.4 Å². The number of benzene rings is 3. The first-order valence-corrected chi connectivity index (χ1v) is 11.5. The molecule has 3 amide bonds. The summed E-state index contributed by atoms with van der Waals surface area (Å²) in [6.45, 7) is 1.61. The molecule has 0 unspecified atom stereocenters. The predicted molar refractivity (Wildman–Crippen MR) is 132 cm³/mol. The molecule has 0 fully saturated rings. The first-order valence-electron chi connectivity index (χ1n) is 11.0. The molecule has 7 nitrogen and oxygen atoms in total. The largest absolute Gasteiger partial charge is 0.480 e. The number of hydrogen-bond acceptors (Lipinski definition) is 5. The van der Waals surface area contributed by atoms with Gasteiger partial charge in [-0.3, -0.25) is 24.2 Å². The number of carbonyl (C=O) groups excluding carboxylic acids is 3. The molecular weight excluding hydrogens is 452 g/mol. The highest BCUT2D eigenvalue weighted by molar-refractivity contribution is 7.81. The summed E-state index contributed by atoms with van der Waals surface area (Å²) >= 11 is 4.45. The number of anilines is 1. The van der Waals surface area contributed by atoms with Gasteiger partial charge in [0.05, 0.1) is 16.4 Å². The van der Waals surface area contributed by atoms with E-state index in [0.29, 0.717) is 23.2 Å². The molecule has 3 aromatic carbocycles. The quantitative estimate of drug-likeness (QED) is 0.378. The van der Waals surface area contributed by atoms with Gasteiger partial charge in [-0.2, -0.15) is 12.6 Å². The van der Waals surface area contributed by atoms with Gasteiger partial charge in [0.2, 0.25) is 5.91 Å². The molecular formula is C26H24N2O5S. The zero-order valence-corrected chi connectivity index (χ0v) is 19.4. The van der Waals surface area contributed by atoms with Crippen molar-refractivity contribution in [3.8, 4) is 0 Å². The lowest BCUT2D eigenvalue weighted by Crippen LogP contribution is -2.47. The van der Waals surface area contributed by atoms with E-state index in [1.54, 1.807) is 36.4 Å². The lowest BCUT2D eigenvalue weighted by atomic mass is 10.1. The highest BCUT2D eigenvalue weighted by Crippen LogP contribution is 2.27. The molecule has 0 bridgehead atoms. The fraction of sp³-hybridized carbons (Fsp3) is 0.231. The van der Waals surface area contributed by atoms with E-state index in [1.165, 1.54) is 16.7 Å². The summed E-state index contributed by atoms with van der Waals surface area (Å²) in [5, 5.41) is 10.7. The van der Waals surface area contributed by atoms with Gasteiger partial charge in [-0.05, 0) is 54.8 Å². The number of imide groups is 1. The zero-order chi connectivity index (χ0) is 24.4. The van der Waals surface area contributed by atoms with Gasteiger partial charge in [0.15, 0.2) is 0 Å². The third-order valence-electron chi connectivity index (χ3n) is 6.02. The van der Waals surface area contributed by atoms with E-state index in [4.69, 9.17) is 0 Å². The number of thiol groups is 1. The Bertz CT molecular complexity index is 1260. The first kappa shape index (κ1) is 23.5. The van der Waals surface area contributed by atoms with E-state index in [0.717, 1.165) is 10.8 Å². The third kappa shape index (κ3) is 4.41. The van der Waals surface area contributed by atoms with Gasteiger partial charge in [0.25, 0.3) is 11.8 Å². The Morgan fingerprint density at radius 2 is 1.53 bits per heavy atom. The van der Waals surface area contributed by atoms with Crippen molar-refractivity contribution in [2.45, 2.75) is 31.1 Å². The second kappa shape index (κ2) is 9.69. The maximum Gasteiger partial charge on any atom is 0.326 e. The molecule has 0 spiro atoms. The number of fused-ring (bicyclic) bond motifs is 2. The molecule has 0 aromatic heterocycles. The molecule has 0 saturated carbocycles. The van der Waals surface area contributed by atoms with Crippen LogP contribution in [0.2, 0.25) is 0 Å². The van der Waals surface area contributed by atoms with Gasteiger partial charge in [-0.1, -0.05) is 42.5 Å². The molecule has 0 aliphatic carbocycles. The summed E-state index contributed by atoms with van der Waals surface area (Å²) in [4.78, 5) is 52.5. The molecule has 1 heterocycles. The SMILES string of the molecule is C[C@@H](C(=O)O)N(C(=O)[C@H](S)CCCN1C(=O)c2ccccc2C1=O)c1ccc2ccccc2c1. The molecule has 4 rings (SSSR count). The van der Waals surface area contributed by atoms with E-state index < -0.39 is 23.2 Å². The molecule has 0 radical (unpaired) electrons. The highest BCUT2D eigenvalue weighted by Gasteiger charge is 2.35. The molecule has 8 heteroatoms. The molecule has 1 aliphatic rings. The predicted octanol–water partition coefficient (Wildman–Crippen LogP) is 4.02. The molecule has 1 aliphatic heterocycles. The monoisotopic (exact) mass is 476 g/mol. The fourth-order valence-electron chi connectivity index (χ4n) is 4.15. The van der Waals surface area contributed by atoms with Crippen molar-refractivity contribution in [3.63, 3.8) is 0 Å². The van der Waals surface area contributed by atoms with Crippen LogP contribution in [-0.2, 0) is 9.59 Å². The summed E-state index contributed by atoms with van der Waals surface area (Å²) in [5.74, 6) is -2.27. The van der Waals surface area contributed by atoms with E-state index in [1.807, 2.05) is 30.3 Å². The van der Waals surface area contributed by atoms with Crippen LogP contribution in [0.3, 0.4) is 0 Å². The van der Waals surface area contributed by atoms with Crippen molar-refractivity contribution < 1.29 is 24.3 Å². The Labute approximate surface area is 202 Å². The molecule has 2 atom stereocenters. The van der Waals surface area contributed by atoms with Crippen LogP contribution in [0.5, 0.6) is 0 Å². The van der Waals surface area contributed by atoms with Gasteiger partial charge in [-0.25, -0.2) is 4.79 Å². The summed E-state index contributed by atoms with van der Waals surface area (Å²) < 4.78 is 0. The van der Waals surface area contributed by atoms with Crippen molar-refractivity contribution in [1.82, 2.24) is 4.90 Å². The average molecular weight is 477 g/mol. The smallest absolute Gasteiger partial charge is 0.326 e. The van der Waals surface area contributed by atoms with E-state index in [-0.39, 0.29) is 24.8 Å². The van der Waals surface area contributed by atoms with Crippen LogP contribution in [0.1, 0.15) is 40.5 Å². The van der Waals surface area contributed by atoms with Crippen LogP contribution in [-0.4, -0.2) is 51.5 Å². The molecule has 3 aromatic rings. The van der Waals surface area contributed by atoms with Gasteiger partial charge in [0.1, 0.15) is 6.04 Å².